The first-order valence-corrected chi connectivity index (χ1v) is 5.55. The number of likely N-dealkylation sites (N-methyl/N-ethyl adjacent to an activating group) is 2. The van der Waals surface area contributed by atoms with Crippen LogP contribution in [0.2, 0.25) is 0 Å². The molecule has 17 heavy (non-hydrogen) atoms. The van der Waals surface area contributed by atoms with E-state index in [4.69, 9.17) is 0 Å². The molecule has 1 amide bonds. The van der Waals surface area contributed by atoms with Crippen molar-refractivity contribution in [2.75, 3.05) is 26.0 Å². The van der Waals surface area contributed by atoms with E-state index in [2.05, 4.69) is 0 Å². The predicted molar refractivity (Wildman–Crippen MR) is 66.0 cm³/mol. The molecule has 0 radical (unpaired) electrons. The van der Waals surface area contributed by atoms with Gasteiger partial charge in [0.05, 0.1) is 12.5 Å². The van der Waals surface area contributed by atoms with Gasteiger partial charge in [0.15, 0.2) is 0 Å². The van der Waals surface area contributed by atoms with Crippen molar-refractivity contribution in [3.63, 3.8) is 0 Å². The summed E-state index contributed by atoms with van der Waals surface area (Å²) in [7, 11) is 5.50. The molecule has 4 heteroatoms. The second-order valence-electron chi connectivity index (χ2n) is 4.56. The third-order valence-electron chi connectivity index (χ3n) is 3.21. The van der Waals surface area contributed by atoms with Crippen molar-refractivity contribution in [3.05, 3.63) is 29.3 Å². The molecule has 1 aliphatic rings. The zero-order valence-electron chi connectivity index (χ0n) is 10.3. The van der Waals surface area contributed by atoms with Crippen molar-refractivity contribution in [2.24, 2.45) is 0 Å². The van der Waals surface area contributed by atoms with Crippen LogP contribution in [0.1, 0.15) is 17.2 Å². The third-order valence-corrected chi connectivity index (χ3v) is 3.21. The highest BCUT2D eigenvalue weighted by molar-refractivity contribution is 6.01. The fraction of sp³-hybridized carbons (Fsp3) is 0.385. The third kappa shape index (κ3) is 1.96. The van der Waals surface area contributed by atoms with Gasteiger partial charge in [0.1, 0.15) is 6.29 Å². The Labute approximate surface area is 101 Å². The fourth-order valence-electron chi connectivity index (χ4n) is 2.17. The molecule has 0 saturated heterocycles. The average Bonchev–Trinajstić information content (AvgIpc) is 2.55. The van der Waals surface area contributed by atoms with Crippen molar-refractivity contribution >= 4 is 17.9 Å². The molecule has 4 nitrogen and oxygen atoms in total. The van der Waals surface area contributed by atoms with Gasteiger partial charge in [-0.1, -0.05) is 12.1 Å². The lowest BCUT2D eigenvalue weighted by atomic mass is 10.0. The Morgan fingerprint density at radius 2 is 2.12 bits per heavy atom. The van der Waals surface area contributed by atoms with Crippen LogP contribution in [-0.4, -0.2) is 38.2 Å². The van der Waals surface area contributed by atoms with E-state index in [1.165, 1.54) is 0 Å². The second kappa shape index (κ2) is 4.30. The largest absolute Gasteiger partial charge is 0.315 e. The number of anilines is 1. The molecule has 0 aromatic heterocycles. The van der Waals surface area contributed by atoms with E-state index in [-0.39, 0.29) is 11.9 Å². The van der Waals surface area contributed by atoms with Crippen LogP contribution in [0.15, 0.2) is 18.2 Å². The first kappa shape index (κ1) is 11.8. The van der Waals surface area contributed by atoms with E-state index < -0.39 is 0 Å². The summed E-state index contributed by atoms with van der Waals surface area (Å²) in [5.74, 6) is 0.102. The quantitative estimate of drug-likeness (QED) is 0.730. The molecule has 0 spiro atoms. The average molecular weight is 232 g/mol. The molecule has 1 aliphatic heterocycles. The van der Waals surface area contributed by atoms with Gasteiger partial charge >= 0.3 is 0 Å². The van der Waals surface area contributed by atoms with E-state index in [0.717, 1.165) is 23.1 Å². The van der Waals surface area contributed by atoms with Gasteiger partial charge in [-0.2, -0.15) is 0 Å². The minimum absolute atomic E-state index is 0.102. The van der Waals surface area contributed by atoms with Gasteiger partial charge in [0, 0.05) is 12.7 Å². The number of aldehydes is 1. The summed E-state index contributed by atoms with van der Waals surface area (Å²) in [6, 6.07) is 5.53. The Kier molecular flexibility index (Phi) is 2.98. The number of carbonyl (C=O) groups excluding carboxylic acids is 2. The Hall–Kier alpha value is -1.68. The van der Waals surface area contributed by atoms with E-state index >= 15 is 0 Å². The summed E-state index contributed by atoms with van der Waals surface area (Å²) in [6.07, 6.45) is 1.35. The van der Waals surface area contributed by atoms with Crippen LogP contribution >= 0.6 is 0 Å². The number of amides is 1. The Balaban J connectivity index is 2.39. The Morgan fingerprint density at radius 3 is 2.71 bits per heavy atom. The zero-order valence-corrected chi connectivity index (χ0v) is 10.3. The van der Waals surface area contributed by atoms with E-state index in [1.807, 2.05) is 37.2 Å². The van der Waals surface area contributed by atoms with Gasteiger partial charge in [0.25, 0.3) is 0 Å². The molecule has 90 valence electrons. The van der Waals surface area contributed by atoms with Crippen molar-refractivity contribution < 1.29 is 9.59 Å². The Morgan fingerprint density at radius 1 is 1.41 bits per heavy atom. The summed E-state index contributed by atoms with van der Waals surface area (Å²) >= 11 is 0. The summed E-state index contributed by atoms with van der Waals surface area (Å²) in [6.45, 7) is 0. The standard InChI is InChI=1S/C13H16N2O2/c1-14(2)12(8-16)9-4-5-11-10(6-9)7-13(17)15(11)3/h4-6,8,12H,7H2,1-3H3. The van der Waals surface area contributed by atoms with Crippen LogP contribution < -0.4 is 4.90 Å². The van der Waals surface area contributed by atoms with Crippen LogP contribution in [-0.2, 0) is 16.0 Å². The predicted octanol–water partition coefficient (Wildman–Crippen LogP) is 1.01. The highest BCUT2D eigenvalue weighted by Gasteiger charge is 2.25. The van der Waals surface area contributed by atoms with Crippen LogP contribution in [0.4, 0.5) is 5.69 Å². The maximum atomic E-state index is 11.6. The Bertz CT molecular complexity index is 468. The number of hydrogen-bond donors (Lipinski definition) is 0. The number of hydrogen-bond acceptors (Lipinski definition) is 3. The van der Waals surface area contributed by atoms with Gasteiger partial charge in [-0.15, -0.1) is 0 Å². The SMILES string of the molecule is CN1C(=O)Cc2cc(C(C=O)N(C)C)ccc21. The van der Waals surface area contributed by atoms with Crippen molar-refractivity contribution in [1.29, 1.82) is 0 Å². The monoisotopic (exact) mass is 232 g/mol. The lowest BCUT2D eigenvalue weighted by molar-refractivity contribution is -0.117. The summed E-state index contributed by atoms with van der Waals surface area (Å²) in [5, 5.41) is 0. The topological polar surface area (TPSA) is 40.6 Å². The lowest BCUT2D eigenvalue weighted by Crippen LogP contribution is -2.21. The first-order valence-electron chi connectivity index (χ1n) is 5.55. The molecule has 1 unspecified atom stereocenters. The summed E-state index contributed by atoms with van der Waals surface area (Å²) < 4.78 is 0. The normalized spacial score (nSPS) is 16.2. The van der Waals surface area contributed by atoms with Gasteiger partial charge in [-0.3, -0.25) is 9.69 Å². The highest BCUT2D eigenvalue weighted by atomic mass is 16.2. The molecule has 1 aromatic rings. The van der Waals surface area contributed by atoms with Crippen LogP contribution in [0.3, 0.4) is 0 Å². The first-order chi connectivity index (χ1) is 8.04. The van der Waals surface area contributed by atoms with Crippen LogP contribution in [0.25, 0.3) is 0 Å². The number of benzene rings is 1. The zero-order chi connectivity index (χ0) is 12.6. The van der Waals surface area contributed by atoms with Crippen molar-refractivity contribution in [2.45, 2.75) is 12.5 Å². The smallest absolute Gasteiger partial charge is 0.231 e. The van der Waals surface area contributed by atoms with Crippen molar-refractivity contribution in [3.8, 4) is 0 Å². The van der Waals surface area contributed by atoms with Crippen molar-refractivity contribution in [1.82, 2.24) is 4.90 Å². The molecule has 1 aromatic carbocycles. The molecular weight excluding hydrogens is 216 g/mol. The highest BCUT2D eigenvalue weighted by Crippen LogP contribution is 2.30. The molecule has 1 heterocycles. The maximum absolute atomic E-state index is 11.6. The van der Waals surface area contributed by atoms with Gasteiger partial charge in [0.2, 0.25) is 5.91 Å². The van der Waals surface area contributed by atoms with Gasteiger partial charge in [-0.25, -0.2) is 0 Å². The fourth-order valence-corrected chi connectivity index (χ4v) is 2.17. The van der Waals surface area contributed by atoms with Crippen LogP contribution in [0.5, 0.6) is 0 Å². The minimum Gasteiger partial charge on any atom is -0.315 e. The minimum atomic E-state index is -0.249. The van der Waals surface area contributed by atoms with E-state index in [9.17, 15) is 9.59 Å². The number of carbonyl (C=O) groups is 2. The maximum Gasteiger partial charge on any atom is 0.231 e. The number of nitrogens with zero attached hydrogens (tertiary/aromatic N) is 2. The van der Waals surface area contributed by atoms with E-state index in [0.29, 0.717) is 6.42 Å². The molecule has 0 aliphatic carbocycles. The molecule has 0 fully saturated rings. The molecule has 0 saturated carbocycles. The molecule has 0 bridgehead atoms. The molecular formula is C13H16N2O2. The number of rotatable bonds is 3. The summed E-state index contributed by atoms with van der Waals surface area (Å²) in [5.41, 5.74) is 2.89. The van der Waals surface area contributed by atoms with Gasteiger partial charge < -0.3 is 9.69 Å². The molecule has 2 rings (SSSR count). The lowest BCUT2D eigenvalue weighted by Gasteiger charge is -2.19. The number of fused-ring (bicyclic) bond motifs is 1. The summed E-state index contributed by atoms with van der Waals surface area (Å²) in [4.78, 5) is 26.1. The second-order valence-corrected chi connectivity index (χ2v) is 4.56. The van der Waals surface area contributed by atoms with E-state index in [1.54, 1.807) is 11.9 Å². The van der Waals surface area contributed by atoms with Crippen LogP contribution in [0, 0.1) is 0 Å². The molecule has 1 atom stereocenters. The van der Waals surface area contributed by atoms with Gasteiger partial charge in [-0.05, 0) is 31.3 Å². The molecule has 0 N–H and O–H groups in total.